The predicted octanol–water partition coefficient (Wildman–Crippen LogP) is 4.61. The van der Waals surface area contributed by atoms with Crippen molar-refractivity contribution < 1.29 is 5.11 Å². The van der Waals surface area contributed by atoms with Gasteiger partial charge in [0.25, 0.3) is 0 Å². The fraction of sp³-hybridized carbons (Fsp3) is 1.00. The molecule has 0 aliphatic heterocycles. The van der Waals surface area contributed by atoms with Gasteiger partial charge in [-0.1, -0.05) is 64.7 Å². The molecule has 0 saturated heterocycles. The van der Waals surface area contributed by atoms with Crippen molar-refractivity contribution in [1.82, 2.24) is 5.32 Å². The summed E-state index contributed by atoms with van der Waals surface area (Å²) in [6, 6.07) is 0. The molecule has 2 N–H and O–H groups in total. The Balaban J connectivity index is 2.89. The lowest BCUT2D eigenvalue weighted by atomic mass is 10.1. The van der Waals surface area contributed by atoms with Gasteiger partial charge in [0.2, 0.25) is 0 Å². The van der Waals surface area contributed by atoms with Gasteiger partial charge < -0.3 is 10.4 Å². The summed E-state index contributed by atoms with van der Waals surface area (Å²) < 4.78 is 0. The molecule has 0 heterocycles. The van der Waals surface area contributed by atoms with E-state index in [1.54, 1.807) is 0 Å². The summed E-state index contributed by atoms with van der Waals surface area (Å²) in [6.45, 7) is 4.32. The summed E-state index contributed by atoms with van der Waals surface area (Å²) in [5.41, 5.74) is 0. The average molecular weight is 304 g/mol. The van der Waals surface area contributed by atoms with Gasteiger partial charge in [0.1, 0.15) is 0 Å². The lowest BCUT2D eigenvalue weighted by molar-refractivity contribution is 0.292. The average Bonchev–Trinajstić information content (AvgIpc) is 2.47. The Labute approximate surface area is 131 Å². The molecule has 0 amide bonds. The largest absolute Gasteiger partial charge is 0.395 e. The van der Waals surface area contributed by atoms with Crippen LogP contribution in [0.2, 0.25) is 0 Å². The Hall–Kier alpha value is 0.270. The Morgan fingerprint density at radius 2 is 1.25 bits per heavy atom. The van der Waals surface area contributed by atoms with E-state index >= 15 is 0 Å². The van der Waals surface area contributed by atoms with E-state index < -0.39 is 0 Å². The summed E-state index contributed by atoms with van der Waals surface area (Å²) in [5.74, 6) is 2.59. The van der Waals surface area contributed by atoms with Crippen LogP contribution in [0.3, 0.4) is 0 Å². The second-order valence-electron chi connectivity index (χ2n) is 5.62. The highest BCUT2D eigenvalue weighted by Gasteiger charge is 1.94. The van der Waals surface area contributed by atoms with Crippen LogP contribution in [0.15, 0.2) is 0 Å². The number of thioether (sulfide) groups is 1. The smallest absolute Gasteiger partial charge is 0.0555 e. The Bertz CT molecular complexity index is 149. The van der Waals surface area contributed by atoms with Crippen LogP contribution in [0.4, 0.5) is 0 Å². The molecule has 0 aromatic heterocycles. The number of hydrogen-bond acceptors (Lipinski definition) is 3. The van der Waals surface area contributed by atoms with E-state index in [2.05, 4.69) is 24.0 Å². The third kappa shape index (κ3) is 18.3. The van der Waals surface area contributed by atoms with E-state index in [0.29, 0.717) is 0 Å². The summed E-state index contributed by atoms with van der Waals surface area (Å²) in [6.07, 6.45) is 15.5. The maximum absolute atomic E-state index is 8.61. The minimum Gasteiger partial charge on any atom is -0.395 e. The van der Waals surface area contributed by atoms with Crippen molar-refractivity contribution in [2.75, 3.05) is 31.2 Å². The Morgan fingerprint density at radius 3 is 1.85 bits per heavy atom. The predicted molar refractivity (Wildman–Crippen MR) is 93.7 cm³/mol. The maximum atomic E-state index is 8.61. The maximum Gasteiger partial charge on any atom is 0.0555 e. The first kappa shape index (κ1) is 20.3. The van der Waals surface area contributed by atoms with Crippen molar-refractivity contribution in [3.05, 3.63) is 0 Å². The number of rotatable bonds is 17. The van der Waals surface area contributed by atoms with Crippen molar-refractivity contribution in [2.45, 2.75) is 77.6 Å². The molecule has 3 heteroatoms. The molecular formula is C17H37NOS. The number of aliphatic hydroxyl groups excluding tert-OH is 1. The molecule has 0 rings (SSSR count). The van der Waals surface area contributed by atoms with Gasteiger partial charge in [-0.2, -0.15) is 11.8 Å². The molecule has 0 spiro atoms. The zero-order valence-electron chi connectivity index (χ0n) is 13.7. The van der Waals surface area contributed by atoms with E-state index in [4.69, 9.17) is 5.11 Å². The Kier molecular flexibility index (Phi) is 19.5. The van der Waals surface area contributed by atoms with Crippen LogP contribution in [0.1, 0.15) is 77.6 Å². The fourth-order valence-corrected chi connectivity index (χ4v) is 3.26. The zero-order valence-corrected chi connectivity index (χ0v) is 14.5. The van der Waals surface area contributed by atoms with E-state index in [0.717, 1.165) is 13.1 Å². The molecule has 20 heavy (non-hydrogen) atoms. The van der Waals surface area contributed by atoms with Gasteiger partial charge in [-0.05, 0) is 30.9 Å². The van der Waals surface area contributed by atoms with Crippen LogP contribution in [0.25, 0.3) is 0 Å². The minimum atomic E-state index is 0.256. The quantitative estimate of drug-likeness (QED) is 0.385. The van der Waals surface area contributed by atoms with Gasteiger partial charge in [0.15, 0.2) is 0 Å². The molecule has 0 unspecified atom stereocenters. The van der Waals surface area contributed by atoms with Crippen LogP contribution in [-0.2, 0) is 0 Å². The van der Waals surface area contributed by atoms with Crippen molar-refractivity contribution >= 4 is 11.8 Å². The van der Waals surface area contributed by atoms with E-state index in [1.807, 2.05) is 0 Å². The van der Waals surface area contributed by atoms with Crippen LogP contribution < -0.4 is 5.32 Å². The van der Waals surface area contributed by atoms with E-state index in [1.165, 1.54) is 82.1 Å². The van der Waals surface area contributed by atoms with Crippen molar-refractivity contribution in [3.63, 3.8) is 0 Å². The molecule has 0 atom stereocenters. The second kappa shape index (κ2) is 19.3. The first-order chi connectivity index (χ1) is 9.91. The van der Waals surface area contributed by atoms with Crippen molar-refractivity contribution in [2.24, 2.45) is 0 Å². The van der Waals surface area contributed by atoms with Gasteiger partial charge in [0, 0.05) is 6.54 Å². The molecule has 0 radical (unpaired) electrons. The highest BCUT2D eigenvalue weighted by atomic mass is 32.2. The summed E-state index contributed by atoms with van der Waals surface area (Å²) >= 11 is 2.09. The highest BCUT2D eigenvalue weighted by molar-refractivity contribution is 7.99. The topological polar surface area (TPSA) is 32.3 Å². The summed E-state index contributed by atoms with van der Waals surface area (Å²) in [4.78, 5) is 0. The first-order valence-corrected chi connectivity index (χ1v) is 9.96. The number of aliphatic hydroxyl groups is 1. The Morgan fingerprint density at radius 1 is 0.700 bits per heavy atom. The minimum absolute atomic E-state index is 0.256. The molecule has 0 aliphatic rings. The number of unbranched alkanes of at least 4 members (excludes halogenated alkanes) is 9. The SMILES string of the molecule is CCCCCCCCCCCCSCCCNCCO. The van der Waals surface area contributed by atoms with Gasteiger partial charge in [-0.25, -0.2) is 0 Å². The molecule has 0 bridgehead atoms. The molecule has 2 nitrogen and oxygen atoms in total. The van der Waals surface area contributed by atoms with E-state index in [9.17, 15) is 0 Å². The number of hydrogen-bond donors (Lipinski definition) is 2. The monoisotopic (exact) mass is 303 g/mol. The summed E-state index contributed by atoms with van der Waals surface area (Å²) in [5, 5.41) is 11.8. The molecule has 0 aliphatic carbocycles. The van der Waals surface area contributed by atoms with Crippen molar-refractivity contribution in [3.8, 4) is 0 Å². The molecule has 0 aromatic carbocycles. The normalized spacial score (nSPS) is 11.1. The molecule has 0 aromatic rings. The van der Waals surface area contributed by atoms with Gasteiger partial charge in [-0.15, -0.1) is 0 Å². The third-order valence-corrected chi connectivity index (χ3v) is 4.73. The zero-order chi connectivity index (χ0) is 14.7. The van der Waals surface area contributed by atoms with Crippen LogP contribution in [-0.4, -0.2) is 36.3 Å². The van der Waals surface area contributed by atoms with E-state index in [-0.39, 0.29) is 6.61 Å². The van der Waals surface area contributed by atoms with Gasteiger partial charge >= 0.3 is 0 Å². The van der Waals surface area contributed by atoms with Crippen LogP contribution in [0, 0.1) is 0 Å². The lowest BCUT2D eigenvalue weighted by Gasteiger charge is -2.04. The molecule has 122 valence electrons. The highest BCUT2D eigenvalue weighted by Crippen LogP contribution is 2.12. The number of nitrogens with one attached hydrogen (secondary N) is 1. The lowest BCUT2D eigenvalue weighted by Crippen LogP contribution is -2.19. The second-order valence-corrected chi connectivity index (χ2v) is 6.85. The van der Waals surface area contributed by atoms with Crippen LogP contribution >= 0.6 is 11.8 Å². The van der Waals surface area contributed by atoms with Crippen molar-refractivity contribution in [1.29, 1.82) is 0 Å². The first-order valence-electron chi connectivity index (χ1n) is 8.81. The molecular weight excluding hydrogens is 266 g/mol. The standard InChI is InChI=1S/C17H37NOS/c1-2-3-4-5-6-7-8-9-10-11-16-20-17-12-13-18-14-15-19/h18-19H,2-17H2,1H3. The van der Waals surface area contributed by atoms with Gasteiger partial charge in [-0.3, -0.25) is 0 Å². The van der Waals surface area contributed by atoms with Crippen LogP contribution in [0.5, 0.6) is 0 Å². The fourth-order valence-electron chi connectivity index (χ4n) is 2.30. The summed E-state index contributed by atoms with van der Waals surface area (Å²) in [7, 11) is 0. The molecule has 0 saturated carbocycles. The van der Waals surface area contributed by atoms with Gasteiger partial charge in [0.05, 0.1) is 6.61 Å². The third-order valence-electron chi connectivity index (χ3n) is 3.57. The molecule has 0 fully saturated rings.